The molecule has 0 aromatic rings. The van der Waals surface area contributed by atoms with Gasteiger partial charge in [0.25, 0.3) is 0 Å². The second-order valence-corrected chi connectivity index (χ2v) is 13.5. The molecule has 0 unspecified atom stereocenters. The van der Waals surface area contributed by atoms with Gasteiger partial charge in [-0.25, -0.2) is 0 Å². The summed E-state index contributed by atoms with van der Waals surface area (Å²) in [4.78, 5) is 20.1. The topological polar surface area (TPSA) is 77.4 Å². The molecule has 8 heteroatoms. The molecule has 0 saturated heterocycles. The van der Waals surface area contributed by atoms with Crippen molar-refractivity contribution >= 4 is 17.1 Å². The van der Waals surface area contributed by atoms with E-state index in [1.54, 1.807) is 0 Å². The van der Waals surface area contributed by atoms with Crippen molar-refractivity contribution in [3.8, 4) is 0 Å². The summed E-state index contributed by atoms with van der Waals surface area (Å²) >= 11 is 0. The highest BCUT2D eigenvalue weighted by molar-refractivity contribution is 7.16. The Kier molecular flexibility index (Phi) is 14.8. The molecule has 0 aliphatic carbocycles. The highest BCUT2D eigenvalue weighted by Gasteiger charge is 2.27. The van der Waals surface area contributed by atoms with Crippen LogP contribution in [0.2, 0.25) is 12.1 Å². The van der Waals surface area contributed by atoms with Crippen LogP contribution in [0.5, 0.6) is 0 Å². The van der Waals surface area contributed by atoms with Gasteiger partial charge in [-0.15, -0.1) is 0 Å². The smallest absolute Gasteiger partial charge is 0.303 e. The summed E-state index contributed by atoms with van der Waals surface area (Å²) < 4.78 is 20.0. The Morgan fingerprint density at radius 3 is 1.95 bits per heavy atom. The van der Waals surface area contributed by atoms with Crippen LogP contribution in [0, 0.1) is 0 Å². The fraction of sp³-hybridized carbons (Fsp3) is 0.714. The van der Waals surface area contributed by atoms with E-state index in [9.17, 15) is 9.59 Å². The summed E-state index contributed by atoms with van der Waals surface area (Å²) in [5.74, 6) is 0. The maximum absolute atomic E-state index is 10.0. The number of unbranched alkanes of at least 4 members (excludes halogenated alkanes) is 2. The van der Waals surface area contributed by atoms with Crippen molar-refractivity contribution in [3.05, 3.63) is 25.7 Å². The normalized spacial score (nSPS) is 11.7. The first-order valence-electron chi connectivity index (χ1n) is 7.67. The summed E-state index contributed by atoms with van der Waals surface area (Å²) in [7, 11) is -3.69. The molecule has 0 fully saturated rings. The Labute approximate surface area is 136 Å². The Balaban J connectivity index is 3.37. The van der Waals surface area contributed by atoms with Gasteiger partial charge in [0.1, 0.15) is 0 Å². The van der Waals surface area contributed by atoms with Crippen LogP contribution in [0.15, 0.2) is 25.7 Å². The minimum atomic E-state index is -2.90. The number of rotatable bonds is 17. The molecule has 2 N–H and O–H groups in total. The molecule has 0 atom stereocenters. The fourth-order valence-corrected chi connectivity index (χ4v) is 8.02. The molecule has 0 aliphatic heterocycles. The number of hydrogen-bond acceptors (Lipinski definition) is 6. The van der Waals surface area contributed by atoms with Gasteiger partial charge in [-0.05, 0) is 25.3 Å². The summed E-state index contributed by atoms with van der Waals surface area (Å²) in [6.45, 7) is 8.48. The molecular weight excluding hydrogens is 320 g/mol. The van der Waals surface area contributed by atoms with Crippen LogP contribution in [0.1, 0.15) is 25.7 Å². The minimum Gasteiger partial charge on any atom is -0.476 e. The van der Waals surface area contributed by atoms with Crippen LogP contribution in [-0.4, -0.2) is 53.5 Å². The van der Waals surface area contributed by atoms with Crippen molar-refractivity contribution in [3.63, 3.8) is 0 Å². The van der Waals surface area contributed by atoms with Gasteiger partial charge in [-0.2, -0.15) is 0 Å². The van der Waals surface area contributed by atoms with Crippen molar-refractivity contribution in [2.75, 3.05) is 26.8 Å². The predicted molar refractivity (Wildman–Crippen MR) is 91.0 cm³/mol. The van der Waals surface area contributed by atoms with Crippen LogP contribution in [0.3, 0.4) is 0 Å². The zero-order valence-corrected chi connectivity index (χ0v) is 15.8. The van der Waals surface area contributed by atoms with E-state index < -0.39 is 17.1 Å². The van der Waals surface area contributed by atoms with Crippen molar-refractivity contribution in [1.29, 1.82) is 0 Å². The molecule has 0 rings (SSSR count). The van der Waals surface area contributed by atoms with Crippen molar-refractivity contribution in [2.45, 2.75) is 37.8 Å². The van der Waals surface area contributed by atoms with Gasteiger partial charge in [-0.1, -0.05) is 25.6 Å². The largest absolute Gasteiger partial charge is 0.476 e. The Hall–Kier alpha value is -0.646. The molecule has 0 heterocycles. The molecule has 22 heavy (non-hydrogen) atoms. The summed E-state index contributed by atoms with van der Waals surface area (Å²) in [5.41, 5.74) is 0. The van der Waals surface area contributed by atoms with Gasteiger partial charge in [0, 0.05) is 0 Å². The van der Waals surface area contributed by atoms with Gasteiger partial charge in [0.15, 0.2) is 13.6 Å². The molecule has 0 amide bonds. The van der Waals surface area contributed by atoms with E-state index in [0.717, 1.165) is 31.7 Å². The molecule has 0 saturated carbocycles. The predicted octanol–water partition coefficient (Wildman–Crippen LogP) is 1.33. The molecule has 6 nitrogen and oxygen atoms in total. The molecule has 0 radical (unpaired) electrons. The maximum Gasteiger partial charge on any atom is 0.303 e. The van der Waals surface area contributed by atoms with E-state index in [0.29, 0.717) is 19.3 Å². The lowest BCUT2D eigenvalue weighted by Crippen LogP contribution is -2.42. The summed E-state index contributed by atoms with van der Waals surface area (Å²) in [5, 5.41) is 0. The highest BCUT2D eigenvalue weighted by atomic mass is 29.2. The van der Waals surface area contributed by atoms with Crippen LogP contribution in [-0.2, 0) is 18.9 Å². The Morgan fingerprint density at radius 2 is 1.41 bits per heavy atom. The third kappa shape index (κ3) is 15.7. The highest BCUT2D eigenvalue weighted by Crippen LogP contribution is 2.10. The molecule has 130 valence electrons. The van der Waals surface area contributed by atoms with E-state index in [2.05, 4.69) is 13.2 Å². The van der Waals surface area contributed by atoms with Crippen LogP contribution < -0.4 is 0 Å². The third-order valence-corrected chi connectivity index (χ3v) is 10.4. The summed E-state index contributed by atoms with van der Waals surface area (Å²) in [6.07, 6.45) is 6.21. The third-order valence-electron chi connectivity index (χ3n) is 3.02. The SMILES string of the molecule is C=COCOCCCC[SiH2][Si](O)(O)CCCCOCOC=C. The molecule has 0 aromatic carbocycles. The van der Waals surface area contributed by atoms with E-state index in [1.165, 1.54) is 12.5 Å². The first kappa shape index (κ1) is 21.4. The van der Waals surface area contributed by atoms with E-state index in [1.807, 2.05) is 0 Å². The number of ether oxygens (including phenoxy) is 4. The molecular formula is C14H30O6Si2. The van der Waals surface area contributed by atoms with E-state index in [4.69, 9.17) is 18.9 Å². The second-order valence-electron chi connectivity index (χ2n) is 4.97. The number of hydrogen-bond donors (Lipinski definition) is 2. The van der Waals surface area contributed by atoms with Crippen LogP contribution in [0.25, 0.3) is 0 Å². The van der Waals surface area contributed by atoms with Crippen molar-refractivity contribution < 1.29 is 28.5 Å². The molecule has 0 aromatic heterocycles. The van der Waals surface area contributed by atoms with Gasteiger partial charge >= 0.3 is 8.08 Å². The van der Waals surface area contributed by atoms with Crippen LogP contribution >= 0.6 is 0 Å². The van der Waals surface area contributed by atoms with Gasteiger partial charge in [0.2, 0.25) is 0 Å². The zero-order valence-electron chi connectivity index (χ0n) is 13.4. The first-order valence-corrected chi connectivity index (χ1v) is 13.1. The van der Waals surface area contributed by atoms with Crippen molar-refractivity contribution in [1.82, 2.24) is 0 Å². The first-order chi connectivity index (χ1) is 10.6. The van der Waals surface area contributed by atoms with E-state index >= 15 is 0 Å². The standard InChI is InChI=1S/C14H30O6Si2/c1-3-17-13-19-9-5-7-11-21-22(15,16)12-8-6-10-20-14-18-4-2/h3-4,15-16H,1-2,5-14,21H2. The summed E-state index contributed by atoms with van der Waals surface area (Å²) in [6, 6.07) is 1.50. The van der Waals surface area contributed by atoms with Gasteiger partial charge in [-0.3, -0.25) is 0 Å². The molecule has 0 spiro atoms. The zero-order chi connectivity index (χ0) is 16.5. The van der Waals surface area contributed by atoms with Crippen LogP contribution in [0.4, 0.5) is 0 Å². The van der Waals surface area contributed by atoms with E-state index in [-0.39, 0.29) is 13.6 Å². The quantitative estimate of drug-likeness (QED) is 0.178. The average molecular weight is 351 g/mol. The average Bonchev–Trinajstić information content (AvgIpc) is 2.49. The second kappa shape index (κ2) is 15.3. The Morgan fingerprint density at radius 1 is 0.864 bits per heavy atom. The monoisotopic (exact) mass is 350 g/mol. The lowest BCUT2D eigenvalue weighted by Gasteiger charge is -2.17. The van der Waals surface area contributed by atoms with Crippen molar-refractivity contribution in [2.24, 2.45) is 0 Å². The fourth-order valence-electron chi connectivity index (χ4n) is 1.84. The maximum atomic E-state index is 10.0. The molecule has 0 bridgehead atoms. The van der Waals surface area contributed by atoms with Gasteiger partial charge < -0.3 is 28.5 Å². The molecule has 0 aliphatic rings. The minimum absolute atomic E-state index is 0.207. The Bertz CT molecular complexity index is 276. The lowest BCUT2D eigenvalue weighted by atomic mass is 10.4. The van der Waals surface area contributed by atoms with Gasteiger partial charge in [0.05, 0.1) is 34.8 Å². The lowest BCUT2D eigenvalue weighted by molar-refractivity contribution is -0.0121.